The Morgan fingerprint density at radius 3 is 2.70 bits per heavy atom. The zero-order valence-electron chi connectivity index (χ0n) is 11.8. The van der Waals surface area contributed by atoms with Gasteiger partial charge in [0.05, 0.1) is 17.0 Å². The maximum Gasteiger partial charge on any atom is 0.131 e. The summed E-state index contributed by atoms with van der Waals surface area (Å²) in [7, 11) is 0. The summed E-state index contributed by atoms with van der Waals surface area (Å²) in [5.74, 6) is 0.841. The molecule has 2 aromatic rings. The van der Waals surface area contributed by atoms with Crippen molar-refractivity contribution in [2.45, 2.75) is 44.8 Å². The number of aryl methyl sites for hydroxylation is 1. The molecule has 0 radical (unpaired) electrons. The van der Waals surface area contributed by atoms with Crippen LogP contribution in [0.15, 0.2) is 24.3 Å². The molecule has 1 aromatic heterocycles. The van der Waals surface area contributed by atoms with E-state index in [2.05, 4.69) is 4.98 Å². The van der Waals surface area contributed by atoms with Crippen molar-refractivity contribution in [1.29, 1.82) is 0 Å². The molecule has 0 bridgehead atoms. The van der Waals surface area contributed by atoms with Crippen LogP contribution >= 0.6 is 0 Å². The molecular weight excluding hydrogens is 250 g/mol. The van der Waals surface area contributed by atoms with Crippen molar-refractivity contribution >= 4 is 16.6 Å². The van der Waals surface area contributed by atoms with Gasteiger partial charge in [0.25, 0.3) is 0 Å². The molecule has 20 heavy (non-hydrogen) atoms. The lowest BCUT2D eigenvalue weighted by Gasteiger charge is -2.27. The van der Waals surface area contributed by atoms with Gasteiger partial charge in [-0.2, -0.15) is 0 Å². The van der Waals surface area contributed by atoms with Crippen LogP contribution in [-0.2, 0) is 0 Å². The van der Waals surface area contributed by atoms with E-state index in [0.717, 1.165) is 53.7 Å². The molecule has 1 saturated carbocycles. The topological polar surface area (TPSA) is 74.2 Å². The lowest BCUT2D eigenvalue weighted by Crippen LogP contribution is -2.31. The fourth-order valence-electron chi connectivity index (χ4n) is 2.91. The summed E-state index contributed by atoms with van der Waals surface area (Å²) in [5.41, 5.74) is 14.6. The minimum absolute atomic E-state index is 0.237. The highest BCUT2D eigenvalue weighted by Crippen LogP contribution is 2.32. The van der Waals surface area contributed by atoms with E-state index < -0.39 is 0 Å². The van der Waals surface area contributed by atoms with Gasteiger partial charge in [-0.3, -0.25) is 4.98 Å². The highest BCUT2D eigenvalue weighted by atomic mass is 16.5. The Morgan fingerprint density at radius 1 is 1.20 bits per heavy atom. The molecule has 1 aliphatic rings. The average Bonchev–Trinajstić information content (AvgIpc) is 2.41. The molecule has 4 heteroatoms. The van der Waals surface area contributed by atoms with Crippen LogP contribution in [0, 0.1) is 6.92 Å². The number of ether oxygens (including phenoxy) is 1. The maximum atomic E-state index is 6.16. The van der Waals surface area contributed by atoms with Crippen LogP contribution in [0.2, 0.25) is 0 Å². The van der Waals surface area contributed by atoms with Gasteiger partial charge in [-0.05, 0) is 50.8 Å². The standard InChI is InChI=1S/C16H21N3O/c1-10-9-13(18)16-14(19-10)3-2-4-15(16)20-12-7-5-11(17)6-8-12/h2-4,9,11-12H,5-8,17H2,1H3,(H2,18,19). The average molecular weight is 271 g/mol. The molecule has 1 fully saturated rings. The van der Waals surface area contributed by atoms with Crippen molar-refractivity contribution in [3.63, 3.8) is 0 Å². The van der Waals surface area contributed by atoms with Gasteiger partial charge < -0.3 is 16.2 Å². The van der Waals surface area contributed by atoms with Gasteiger partial charge >= 0.3 is 0 Å². The molecule has 0 amide bonds. The quantitative estimate of drug-likeness (QED) is 0.880. The minimum atomic E-state index is 0.237. The van der Waals surface area contributed by atoms with Crippen LogP contribution < -0.4 is 16.2 Å². The number of nitrogens with zero attached hydrogens (tertiary/aromatic N) is 1. The van der Waals surface area contributed by atoms with E-state index in [4.69, 9.17) is 16.2 Å². The number of anilines is 1. The lowest BCUT2D eigenvalue weighted by molar-refractivity contribution is 0.149. The second-order valence-electron chi connectivity index (χ2n) is 5.66. The van der Waals surface area contributed by atoms with Crippen molar-refractivity contribution in [3.8, 4) is 5.75 Å². The third kappa shape index (κ3) is 2.56. The molecule has 106 valence electrons. The number of nitrogens with two attached hydrogens (primary N) is 2. The minimum Gasteiger partial charge on any atom is -0.490 e. The van der Waals surface area contributed by atoms with Crippen molar-refractivity contribution in [2.75, 3.05) is 5.73 Å². The third-order valence-corrected chi connectivity index (χ3v) is 3.97. The van der Waals surface area contributed by atoms with Gasteiger partial charge in [0.2, 0.25) is 0 Å². The van der Waals surface area contributed by atoms with Gasteiger partial charge in [0.15, 0.2) is 0 Å². The van der Waals surface area contributed by atoms with E-state index in [1.54, 1.807) is 0 Å². The number of hydrogen-bond donors (Lipinski definition) is 2. The Balaban J connectivity index is 1.91. The summed E-state index contributed by atoms with van der Waals surface area (Å²) in [6, 6.07) is 8.15. The van der Waals surface area contributed by atoms with Crippen molar-refractivity contribution in [1.82, 2.24) is 4.98 Å². The number of nitrogen functional groups attached to an aromatic ring is 1. The Bertz CT molecular complexity index is 618. The smallest absolute Gasteiger partial charge is 0.131 e. The monoisotopic (exact) mass is 271 g/mol. The largest absolute Gasteiger partial charge is 0.490 e. The summed E-state index contributed by atoms with van der Waals surface area (Å²) in [5, 5.41) is 0.924. The Morgan fingerprint density at radius 2 is 1.95 bits per heavy atom. The summed E-state index contributed by atoms with van der Waals surface area (Å²) in [4.78, 5) is 4.52. The van der Waals surface area contributed by atoms with E-state index in [1.807, 2.05) is 31.2 Å². The molecule has 4 N–H and O–H groups in total. The Hall–Kier alpha value is -1.81. The van der Waals surface area contributed by atoms with Crippen LogP contribution in [0.1, 0.15) is 31.4 Å². The first kappa shape index (κ1) is 13.2. The molecule has 3 rings (SSSR count). The van der Waals surface area contributed by atoms with Gasteiger partial charge in [0, 0.05) is 17.4 Å². The van der Waals surface area contributed by atoms with Crippen LogP contribution in [0.3, 0.4) is 0 Å². The van der Waals surface area contributed by atoms with E-state index in [1.165, 1.54) is 0 Å². The van der Waals surface area contributed by atoms with Crippen molar-refractivity contribution in [3.05, 3.63) is 30.0 Å². The zero-order valence-corrected chi connectivity index (χ0v) is 11.8. The summed E-state index contributed by atoms with van der Waals surface area (Å²) >= 11 is 0. The number of aromatic nitrogens is 1. The number of rotatable bonds is 2. The van der Waals surface area contributed by atoms with Crippen molar-refractivity contribution in [2.24, 2.45) is 5.73 Å². The third-order valence-electron chi connectivity index (χ3n) is 3.97. The maximum absolute atomic E-state index is 6.16. The zero-order chi connectivity index (χ0) is 14.1. The van der Waals surface area contributed by atoms with Crippen LogP contribution in [0.5, 0.6) is 5.75 Å². The first-order valence-electron chi connectivity index (χ1n) is 7.21. The highest BCUT2D eigenvalue weighted by molar-refractivity contribution is 5.95. The fraction of sp³-hybridized carbons (Fsp3) is 0.438. The van der Waals surface area contributed by atoms with Crippen LogP contribution in [-0.4, -0.2) is 17.1 Å². The van der Waals surface area contributed by atoms with E-state index in [0.29, 0.717) is 6.04 Å². The van der Waals surface area contributed by atoms with Gasteiger partial charge in [-0.25, -0.2) is 0 Å². The van der Waals surface area contributed by atoms with Gasteiger partial charge in [-0.15, -0.1) is 0 Å². The van der Waals surface area contributed by atoms with E-state index in [9.17, 15) is 0 Å². The fourth-order valence-corrected chi connectivity index (χ4v) is 2.91. The molecule has 1 aliphatic carbocycles. The summed E-state index contributed by atoms with van der Waals surface area (Å²) < 4.78 is 6.16. The predicted octanol–water partition coefficient (Wildman–Crippen LogP) is 2.77. The predicted molar refractivity (Wildman–Crippen MR) is 81.8 cm³/mol. The molecule has 4 nitrogen and oxygen atoms in total. The Labute approximate surface area is 119 Å². The highest BCUT2D eigenvalue weighted by Gasteiger charge is 2.21. The summed E-state index contributed by atoms with van der Waals surface area (Å²) in [6.07, 6.45) is 4.32. The van der Waals surface area contributed by atoms with E-state index >= 15 is 0 Å². The number of pyridine rings is 1. The SMILES string of the molecule is Cc1cc(N)c2c(OC3CCC(N)CC3)cccc2n1. The molecule has 1 heterocycles. The molecule has 0 atom stereocenters. The second kappa shape index (κ2) is 5.29. The van der Waals surface area contributed by atoms with Crippen LogP contribution in [0.25, 0.3) is 10.9 Å². The number of hydrogen-bond acceptors (Lipinski definition) is 4. The molecule has 0 aliphatic heterocycles. The summed E-state index contributed by atoms with van der Waals surface area (Å²) in [6.45, 7) is 1.95. The normalized spacial score (nSPS) is 22.9. The Kier molecular flexibility index (Phi) is 3.49. The first-order chi connectivity index (χ1) is 9.63. The number of fused-ring (bicyclic) bond motifs is 1. The second-order valence-corrected chi connectivity index (χ2v) is 5.66. The molecule has 1 aromatic carbocycles. The molecular formula is C16H21N3O. The van der Waals surface area contributed by atoms with Crippen molar-refractivity contribution < 1.29 is 4.74 Å². The number of benzene rings is 1. The van der Waals surface area contributed by atoms with Crippen LogP contribution in [0.4, 0.5) is 5.69 Å². The van der Waals surface area contributed by atoms with Gasteiger partial charge in [-0.1, -0.05) is 6.07 Å². The van der Waals surface area contributed by atoms with Gasteiger partial charge in [0.1, 0.15) is 5.75 Å². The molecule has 0 unspecified atom stereocenters. The first-order valence-corrected chi connectivity index (χ1v) is 7.21. The molecule has 0 saturated heterocycles. The van der Waals surface area contributed by atoms with E-state index in [-0.39, 0.29) is 6.10 Å². The molecule has 0 spiro atoms. The lowest BCUT2D eigenvalue weighted by atomic mass is 9.93.